The Kier molecular flexibility index (Phi) is 5.67. The van der Waals surface area contributed by atoms with E-state index in [9.17, 15) is 14.4 Å². The molecule has 31 heavy (non-hydrogen) atoms. The van der Waals surface area contributed by atoms with Crippen molar-refractivity contribution >= 4 is 29.1 Å². The molecule has 2 heterocycles. The Morgan fingerprint density at radius 3 is 2.52 bits per heavy atom. The quantitative estimate of drug-likeness (QED) is 0.825. The molecule has 162 valence electrons. The van der Waals surface area contributed by atoms with Crippen molar-refractivity contribution in [3.05, 3.63) is 53.6 Å². The van der Waals surface area contributed by atoms with Gasteiger partial charge in [0.25, 0.3) is 11.8 Å². The number of fused-ring (bicyclic) bond motifs is 1. The number of benzene rings is 2. The average Bonchev–Trinajstić information content (AvgIpc) is 2.78. The molecule has 3 amide bonds. The Bertz CT molecular complexity index is 1030. The molecule has 0 spiro atoms. The molecule has 2 aromatic rings. The molecule has 1 unspecified atom stereocenters. The fraction of sp³-hybridized carbons (Fsp3) is 0.375. The minimum atomic E-state index is -0.523. The summed E-state index contributed by atoms with van der Waals surface area (Å²) in [7, 11) is 1.70. The lowest BCUT2D eigenvalue weighted by Gasteiger charge is -2.32. The molecule has 1 fully saturated rings. The number of ether oxygens (including phenoxy) is 1. The van der Waals surface area contributed by atoms with Crippen LogP contribution in [-0.2, 0) is 9.59 Å². The van der Waals surface area contributed by atoms with Gasteiger partial charge in [0.15, 0.2) is 6.10 Å². The summed E-state index contributed by atoms with van der Waals surface area (Å²) in [4.78, 5) is 41.1. The maximum atomic E-state index is 12.8. The number of nitrogens with zero attached hydrogens (tertiary/aromatic N) is 2. The van der Waals surface area contributed by atoms with E-state index in [2.05, 4.69) is 5.32 Å². The number of amides is 3. The third-order valence-corrected chi connectivity index (χ3v) is 6.10. The first kappa shape index (κ1) is 20.9. The monoisotopic (exact) mass is 421 g/mol. The molecule has 0 aromatic heterocycles. The molecule has 0 saturated carbocycles. The Hall–Kier alpha value is -3.35. The summed E-state index contributed by atoms with van der Waals surface area (Å²) < 4.78 is 5.63. The molecule has 1 saturated heterocycles. The van der Waals surface area contributed by atoms with Gasteiger partial charge in [-0.2, -0.15) is 0 Å². The van der Waals surface area contributed by atoms with Crippen LogP contribution in [0.2, 0.25) is 0 Å². The van der Waals surface area contributed by atoms with Gasteiger partial charge >= 0.3 is 0 Å². The average molecular weight is 421 g/mol. The van der Waals surface area contributed by atoms with E-state index in [0.29, 0.717) is 43.1 Å². The first-order valence-corrected chi connectivity index (χ1v) is 10.6. The zero-order valence-electron chi connectivity index (χ0n) is 18.1. The summed E-state index contributed by atoms with van der Waals surface area (Å²) in [5.41, 5.74) is 2.94. The fourth-order valence-electron chi connectivity index (χ4n) is 4.16. The molecule has 0 radical (unpaired) electrons. The van der Waals surface area contributed by atoms with Crippen molar-refractivity contribution < 1.29 is 19.1 Å². The number of piperidine rings is 1. The molecule has 0 bridgehead atoms. The highest BCUT2D eigenvalue weighted by molar-refractivity contribution is 6.01. The second-order valence-electron chi connectivity index (χ2n) is 8.21. The van der Waals surface area contributed by atoms with Crippen molar-refractivity contribution in [1.82, 2.24) is 4.90 Å². The predicted octanol–water partition coefficient (Wildman–Crippen LogP) is 3.23. The highest BCUT2D eigenvalue weighted by Gasteiger charge is 2.31. The molecule has 2 aliphatic heterocycles. The van der Waals surface area contributed by atoms with Gasteiger partial charge in [-0.25, -0.2) is 0 Å². The van der Waals surface area contributed by atoms with Crippen LogP contribution in [0.3, 0.4) is 0 Å². The van der Waals surface area contributed by atoms with Crippen molar-refractivity contribution in [2.24, 2.45) is 5.92 Å². The number of hydrogen-bond donors (Lipinski definition) is 1. The lowest BCUT2D eigenvalue weighted by molar-refractivity contribution is -0.125. The van der Waals surface area contributed by atoms with Gasteiger partial charge in [0, 0.05) is 37.3 Å². The van der Waals surface area contributed by atoms with Crippen molar-refractivity contribution in [3.8, 4) is 5.75 Å². The first-order valence-electron chi connectivity index (χ1n) is 10.6. The molecule has 4 rings (SSSR count). The fourth-order valence-corrected chi connectivity index (χ4v) is 4.16. The SMILES string of the molecule is Cc1ccccc1C(=O)N1CCC(C(=O)Nc2ccc3c(c2)N(C)C(=O)C(C)O3)CC1. The van der Waals surface area contributed by atoms with E-state index in [1.54, 1.807) is 37.1 Å². The van der Waals surface area contributed by atoms with Crippen LogP contribution in [0, 0.1) is 12.8 Å². The lowest BCUT2D eigenvalue weighted by atomic mass is 9.95. The second-order valence-corrected chi connectivity index (χ2v) is 8.21. The van der Waals surface area contributed by atoms with Crippen LogP contribution in [0.1, 0.15) is 35.7 Å². The van der Waals surface area contributed by atoms with E-state index in [-0.39, 0.29) is 23.6 Å². The number of aryl methyl sites for hydroxylation is 1. The number of likely N-dealkylation sites (N-methyl/N-ethyl adjacent to an activating group) is 1. The molecule has 1 N–H and O–H groups in total. The minimum Gasteiger partial charge on any atom is -0.479 e. The lowest BCUT2D eigenvalue weighted by Crippen LogP contribution is -2.42. The van der Waals surface area contributed by atoms with Crippen molar-refractivity contribution in [1.29, 1.82) is 0 Å². The van der Waals surface area contributed by atoms with E-state index in [1.807, 2.05) is 36.1 Å². The standard InChI is InChI=1S/C24H27N3O4/c1-15-6-4-5-7-19(15)24(30)27-12-10-17(11-13-27)22(28)25-18-8-9-21-20(14-18)26(3)23(29)16(2)31-21/h4-9,14,16-17H,10-13H2,1-3H3,(H,25,28). The first-order chi connectivity index (χ1) is 14.8. The van der Waals surface area contributed by atoms with Crippen LogP contribution >= 0.6 is 0 Å². The van der Waals surface area contributed by atoms with Gasteiger partial charge in [-0.3, -0.25) is 14.4 Å². The number of anilines is 2. The Morgan fingerprint density at radius 2 is 1.81 bits per heavy atom. The smallest absolute Gasteiger partial charge is 0.267 e. The summed E-state index contributed by atoms with van der Waals surface area (Å²) in [6.45, 7) is 4.76. The van der Waals surface area contributed by atoms with E-state index in [4.69, 9.17) is 4.74 Å². The van der Waals surface area contributed by atoms with Crippen LogP contribution in [-0.4, -0.2) is 48.9 Å². The van der Waals surface area contributed by atoms with Crippen LogP contribution in [0.25, 0.3) is 0 Å². The Morgan fingerprint density at radius 1 is 1.10 bits per heavy atom. The van der Waals surface area contributed by atoms with Gasteiger partial charge in [-0.1, -0.05) is 18.2 Å². The van der Waals surface area contributed by atoms with Gasteiger partial charge in [-0.05, 0) is 56.5 Å². The normalized spacial score (nSPS) is 18.9. The number of carbonyl (C=O) groups is 3. The van der Waals surface area contributed by atoms with Gasteiger partial charge in [-0.15, -0.1) is 0 Å². The van der Waals surface area contributed by atoms with Crippen molar-refractivity contribution in [2.45, 2.75) is 32.8 Å². The predicted molar refractivity (Wildman–Crippen MR) is 118 cm³/mol. The zero-order valence-corrected chi connectivity index (χ0v) is 18.1. The topological polar surface area (TPSA) is 79.0 Å². The number of nitrogens with one attached hydrogen (secondary N) is 1. The van der Waals surface area contributed by atoms with Gasteiger partial charge in [0.2, 0.25) is 5.91 Å². The number of rotatable bonds is 3. The second kappa shape index (κ2) is 8.41. The third kappa shape index (κ3) is 4.13. The van der Waals surface area contributed by atoms with E-state index >= 15 is 0 Å². The molecule has 0 aliphatic carbocycles. The highest BCUT2D eigenvalue weighted by atomic mass is 16.5. The molecular weight excluding hydrogens is 394 g/mol. The summed E-state index contributed by atoms with van der Waals surface area (Å²) in [6, 6.07) is 12.9. The number of likely N-dealkylation sites (tertiary alicyclic amines) is 1. The molecule has 2 aromatic carbocycles. The van der Waals surface area contributed by atoms with E-state index in [0.717, 1.165) is 11.1 Å². The molecule has 7 nitrogen and oxygen atoms in total. The number of carbonyl (C=O) groups excluding carboxylic acids is 3. The largest absolute Gasteiger partial charge is 0.479 e. The van der Waals surface area contributed by atoms with Crippen molar-refractivity contribution in [3.63, 3.8) is 0 Å². The molecule has 7 heteroatoms. The third-order valence-electron chi connectivity index (χ3n) is 6.10. The summed E-state index contributed by atoms with van der Waals surface area (Å²) >= 11 is 0. The summed E-state index contributed by atoms with van der Waals surface area (Å²) in [5, 5.41) is 2.96. The van der Waals surface area contributed by atoms with Gasteiger partial charge < -0.3 is 19.9 Å². The Labute approximate surface area is 182 Å². The minimum absolute atomic E-state index is 0.0218. The van der Waals surface area contributed by atoms with Crippen LogP contribution in [0.4, 0.5) is 11.4 Å². The summed E-state index contributed by atoms with van der Waals surface area (Å²) in [6.07, 6.45) is 0.714. The maximum Gasteiger partial charge on any atom is 0.267 e. The molecule has 2 aliphatic rings. The van der Waals surface area contributed by atoms with Gasteiger partial charge in [0.05, 0.1) is 5.69 Å². The van der Waals surface area contributed by atoms with Crippen molar-refractivity contribution in [2.75, 3.05) is 30.4 Å². The van der Waals surface area contributed by atoms with Gasteiger partial charge in [0.1, 0.15) is 5.75 Å². The van der Waals surface area contributed by atoms with E-state index in [1.165, 1.54) is 0 Å². The maximum absolute atomic E-state index is 12.8. The molecular formula is C24H27N3O4. The number of hydrogen-bond acceptors (Lipinski definition) is 4. The Balaban J connectivity index is 1.37. The summed E-state index contributed by atoms with van der Waals surface area (Å²) in [5.74, 6) is 0.292. The zero-order chi connectivity index (χ0) is 22.1. The van der Waals surface area contributed by atoms with Crippen LogP contribution < -0.4 is 15.0 Å². The van der Waals surface area contributed by atoms with E-state index < -0.39 is 6.10 Å². The van der Waals surface area contributed by atoms with Crippen LogP contribution in [0.15, 0.2) is 42.5 Å². The molecule has 1 atom stereocenters. The highest BCUT2D eigenvalue weighted by Crippen LogP contribution is 2.35. The van der Waals surface area contributed by atoms with Crippen LogP contribution in [0.5, 0.6) is 5.75 Å².